The standard InChI is InChI=1S/C23H41N5O4/c1-2-3-4-9-14-19-28(22(31)26-17-12-7-5-10-15-24-20-29)23(32)27-18-13-8-6-11-16-25-21-30/h2-19H2,1H3,(H,26,31)(H,27,32). The minimum atomic E-state index is -0.352. The quantitative estimate of drug-likeness (QED) is 0.161. The van der Waals surface area contributed by atoms with E-state index in [4.69, 9.17) is 0 Å². The average molecular weight is 452 g/mol. The number of carbonyl (C=O) groups is 2. The third kappa shape index (κ3) is 18.3. The summed E-state index contributed by atoms with van der Waals surface area (Å²) in [5, 5.41) is 5.69. The number of imide groups is 1. The second-order valence-electron chi connectivity index (χ2n) is 7.80. The van der Waals surface area contributed by atoms with Crippen molar-refractivity contribution in [2.24, 2.45) is 9.98 Å². The molecule has 9 heteroatoms. The topological polar surface area (TPSA) is 120 Å². The summed E-state index contributed by atoms with van der Waals surface area (Å²) in [6.45, 7) is 4.58. The van der Waals surface area contributed by atoms with E-state index in [-0.39, 0.29) is 12.1 Å². The van der Waals surface area contributed by atoms with Crippen molar-refractivity contribution in [3.63, 3.8) is 0 Å². The highest BCUT2D eigenvalue weighted by Gasteiger charge is 2.20. The lowest BCUT2D eigenvalue weighted by Gasteiger charge is -2.22. The van der Waals surface area contributed by atoms with Crippen LogP contribution in [0.2, 0.25) is 0 Å². The van der Waals surface area contributed by atoms with Crippen LogP contribution in [-0.2, 0) is 9.59 Å². The molecule has 0 aromatic rings. The summed E-state index contributed by atoms with van der Waals surface area (Å²) in [5.74, 6) is 0. The highest BCUT2D eigenvalue weighted by atomic mass is 16.2. The zero-order chi connectivity index (χ0) is 23.7. The van der Waals surface area contributed by atoms with Gasteiger partial charge >= 0.3 is 12.1 Å². The third-order valence-electron chi connectivity index (χ3n) is 5.05. The Bertz CT molecular complexity index is 543. The fourth-order valence-electron chi connectivity index (χ4n) is 3.18. The van der Waals surface area contributed by atoms with Crippen LogP contribution < -0.4 is 10.6 Å². The van der Waals surface area contributed by atoms with Gasteiger partial charge in [-0.05, 0) is 32.1 Å². The number of nitrogens with one attached hydrogen (secondary N) is 2. The van der Waals surface area contributed by atoms with Gasteiger partial charge in [0.15, 0.2) is 0 Å². The largest absolute Gasteiger partial charge is 0.338 e. The highest BCUT2D eigenvalue weighted by Crippen LogP contribution is 2.06. The molecule has 0 aliphatic rings. The first-order chi connectivity index (χ1) is 15.7. The van der Waals surface area contributed by atoms with Crippen LogP contribution in [0.1, 0.15) is 90.4 Å². The summed E-state index contributed by atoms with van der Waals surface area (Å²) in [6, 6.07) is -0.703. The Morgan fingerprint density at radius 2 is 1.09 bits per heavy atom. The second-order valence-corrected chi connectivity index (χ2v) is 7.80. The predicted octanol–water partition coefficient (Wildman–Crippen LogP) is 4.47. The van der Waals surface area contributed by atoms with Crippen molar-refractivity contribution in [3.05, 3.63) is 0 Å². The van der Waals surface area contributed by atoms with E-state index in [1.54, 1.807) is 0 Å². The van der Waals surface area contributed by atoms with Gasteiger partial charge in [-0.25, -0.2) is 34.1 Å². The molecule has 0 atom stereocenters. The molecule has 0 fully saturated rings. The van der Waals surface area contributed by atoms with Gasteiger partial charge in [-0.2, -0.15) is 0 Å². The summed E-state index contributed by atoms with van der Waals surface area (Å²) in [4.78, 5) is 53.5. The van der Waals surface area contributed by atoms with Crippen molar-refractivity contribution in [2.45, 2.75) is 90.4 Å². The van der Waals surface area contributed by atoms with Crippen molar-refractivity contribution in [3.8, 4) is 0 Å². The summed E-state index contributed by atoms with van der Waals surface area (Å²) < 4.78 is 0. The number of hydrogen-bond donors (Lipinski definition) is 2. The van der Waals surface area contributed by atoms with Crippen molar-refractivity contribution in [1.82, 2.24) is 15.5 Å². The average Bonchev–Trinajstić information content (AvgIpc) is 2.79. The van der Waals surface area contributed by atoms with E-state index in [1.165, 1.54) is 17.1 Å². The number of urea groups is 2. The van der Waals surface area contributed by atoms with E-state index in [0.717, 1.165) is 83.5 Å². The number of aliphatic imine (C=N–C) groups is 2. The van der Waals surface area contributed by atoms with Gasteiger partial charge < -0.3 is 10.6 Å². The zero-order valence-electron chi connectivity index (χ0n) is 19.7. The van der Waals surface area contributed by atoms with E-state index < -0.39 is 0 Å². The fourth-order valence-corrected chi connectivity index (χ4v) is 3.18. The Labute approximate surface area is 192 Å². The molecule has 0 aromatic heterocycles. The zero-order valence-corrected chi connectivity index (χ0v) is 19.7. The number of amides is 4. The van der Waals surface area contributed by atoms with Crippen LogP contribution in [-0.4, -0.2) is 61.8 Å². The molecule has 0 radical (unpaired) electrons. The van der Waals surface area contributed by atoms with Crippen molar-refractivity contribution in [2.75, 3.05) is 32.7 Å². The van der Waals surface area contributed by atoms with Gasteiger partial charge in [-0.15, -0.1) is 0 Å². The number of isocyanates is 2. The van der Waals surface area contributed by atoms with Crippen LogP contribution >= 0.6 is 0 Å². The number of nitrogens with zero attached hydrogens (tertiary/aromatic N) is 3. The lowest BCUT2D eigenvalue weighted by Crippen LogP contribution is -2.49. The Morgan fingerprint density at radius 3 is 1.56 bits per heavy atom. The molecule has 2 N–H and O–H groups in total. The Balaban J connectivity index is 4.26. The fraction of sp³-hybridized carbons (Fsp3) is 0.826. The molecule has 0 aliphatic carbocycles. The molecule has 0 rings (SSSR count). The van der Waals surface area contributed by atoms with Crippen molar-refractivity contribution >= 4 is 24.2 Å². The molecule has 0 aromatic carbocycles. The van der Waals surface area contributed by atoms with E-state index in [0.29, 0.717) is 32.7 Å². The molecule has 0 heterocycles. The number of unbranched alkanes of at least 4 members (excludes halogenated alkanes) is 10. The van der Waals surface area contributed by atoms with Crippen LogP contribution in [0, 0.1) is 0 Å². The normalized spacial score (nSPS) is 10.0. The monoisotopic (exact) mass is 451 g/mol. The summed E-state index contributed by atoms with van der Waals surface area (Å²) >= 11 is 0. The van der Waals surface area contributed by atoms with Gasteiger partial charge in [-0.1, -0.05) is 58.3 Å². The van der Waals surface area contributed by atoms with Gasteiger partial charge in [0, 0.05) is 19.6 Å². The summed E-state index contributed by atoms with van der Waals surface area (Å²) in [6.07, 6.45) is 15.3. The Hall–Kier alpha value is -2.50. The summed E-state index contributed by atoms with van der Waals surface area (Å²) in [7, 11) is 0. The molecule has 4 amide bonds. The predicted molar refractivity (Wildman–Crippen MR) is 125 cm³/mol. The van der Waals surface area contributed by atoms with Crippen LogP contribution in [0.25, 0.3) is 0 Å². The first-order valence-corrected chi connectivity index (χ1v) is 12.1. The maximum Gasteiger partial charge on any atom is 0.325 e. The van der Waals surface area contributed by atoms with Gasteiger partial charge in [0.05, 0.1) is 13.1 Å². The first kappa shape index (κ1) is 29.5. The number of rotatable bonds is 20. The molecule has 0 bridgehead atoms. The maximum absolute atomic E-state index is 12.6. The van der Waals surface area contributed by atoms with Crippen molar-refractivity contribution in [1.29, 1.82) is 0 Å². The van der Waals surface area contributed by atoms with Gasteiger partial charge in [0.25, 0.3) is 0 Å². The van der Waals surface area contributed by atoms with Crippen LogP contribution in [0.5, 0.6) is 0 Å². The summed E-state index contributed by atoms with van der Waals surface area (Å²) in [5.41, 5.74) is 0. The first-order valence-electron chi connectivity index (χ1n) is 12.1. The SMILES string of the molecule is CCCCCCCN(C(=O)NCCCCCCN=C=O)C(=O)NCCCCCCN=C=O. The van der Waals surface area contributed by atoms with Crippen LogP contribution in [0.3, 0.4) is 0 Å². The molecule has 9 nitrogen and oxygen atoms in total. The number of carbonyl (C=O) groups excluding carboxylic acids is 4. The van der Waals surface area contributed by atoms with E-state index in [2.05, 4.69) is 27.5 Å². The Kier molecular flexibility index (Phi) is 21.4. The van der Waals surface area contributed by atoms with Crippen molar-refractivity contribution < 1.29 is 19.2 Å². The second kappa shape index (κ2) is 23.2. The smallest absolute Gasteiger partial charge is 0.325 e. The van der Waals surface area contributed by atoms with Gasteiger partial charge in [-0.3, -0.25) is 0 Å². The molecule has 32 heavy (non-hydrogen) atoms. The molecule has 0 saturated carbocycles. The molecule has 0 spiro atoms. The Morgan fingerprint density at radius 1 is 0.656 bits per heavy atom. The lowest BCUT2D eigenvalue weighted by molar-refractivity contribution is 0.184. The lowest BCUT2D eigenvalue weighted by atomic mass is 10.1. The minimum absolute atomic E-state index is 0.352. The van der Waals surface area contributed by atoms with Crippen LogP contribution in [0.4, 0.5) is 9.59 Å². The maximum atomic E-state index is 12.6. The molecular weight excluding hydrogens is 410 g/mol. The van der Waals surface area contributed by atoms with E-state index >= 15 is 0 Å². The molecule has 0 aliphatic heterocycles. The van der Waals surface area contributed by atoms with E-state index in [1.807, 2.05) is 0 Å². The molecule has 0 unspecified atom stereocenters. The van der Waals surface area contributed by atoms with Gasteiger partial charge in [0.2, 0.25) is 12.2 Å². The highest BCUT2D eigenvalue weighted by molar-refractivity contribution is 5.93. The third-order valence-corrected chi connectivity index (χ3v) is 5.05. The minimum Gasteiger partial charge on any atom is -0.338 e. The molecule has 0 saturated heterocycles. The molecular formula is C23H41N5O4. The van der Waals surface area contributed by atoms with E-state index in [9.17, 15) is 19.2 Å². The molecule has 182 valence electrons. The van der Waals surface area contributed by atoms with Gasteiger partial charge in [0.1, 0.15) is 0 Å². The van der Waals surface area contributed by atoms with Crippen LogP contribution in [0.15, 0.2) is 9.98 Å². The number of hydrogen-bond acceptors (Lipinski definition) is 6.